The molecule has 0 radical (unpaired) electrons. The number of hydrogen-bond donors (Lipinski definition) is 1. The highest BCUT2D eigenvalue weighted by Gasteiger charge is 2.08. The van der Waals surface area contributed by atoms with Crippen molar-refractivity contribution in [1.29, 1.82) is 0 Å². The zero-order chi connectivity index (χ0) is 18.7. The Kier molecular flexibility index (Phi) is 5.47. The molecule has 0 atom stereocenters. The van der Waals surface area contributed by atoms with E-state index < -0.39 is 0 Å². The molecule has 2 aromatic carbocycles. The van der Waals surface area contributed by atoms with Gasteiger partial charge in [0.05, 0.1) is 5.75 Å². The molecule has 26 heavy (non-hydrogen) atoms. The Morgan fingerprint density at radius 3 is 2.62 bits per heavy atom. The number of carbonyl (C=O) groups excluding carboxylic acids is 1. The van der Waals surface area contributed by atoms with Crippen molar-refractivity contribution < 1.29 is 9.21 Å². The van der Waals surface area contributed by atoms with Gasteiger partial charge in [0.2, 0.25) is 5.91 Å². The number of nitrogens with one attached hydrogen (secondary N) is 1. The fourth-order valence-electron chi connectivity index (χ4n) is 2.73. The third-order valence-corrected chi connectivity index (χ3v) is 5.25. The summed E-state index contributed by atoms with van der Waals surface area (Å²) in [5.41, 5.74) is 5.31. The Labute approximate surface area is 156 Å². The maximum Gasteiger partial charge on any atom is 0.336 e. The molecule has 0 unspecified atom stereocenters. The van der Waals surface area contributed by atoms with Crippen molar-refractivity contribution in [3.8, 4) is 0 Å². The fraction of sp³-hybridized carbons (Fsp3) is 0.238. The second-order valence-electron chi connectivity index (χ2n) is 6.43. The molecule has 0 aliphatic carbocycles. The molecule has 1 aromatic heterocycles. The average molecular weight is 367 g/mol. The molecule has 134 valence electrons. The second kappa shape index (κ2) is 7.79. The van der Waals surface area contributed by atoms with Crippen molar-refractivity contribution >= 4 is 34.3 Å². The third kappa shape index (κ3) is 4.35. The SMILES string of the molecule is Cc1ccc2c(CSCC(=O)Nc3ccc(C)c(C)c3)cc(=O)oc2c1. The van der Waals surface area contributed by atoms with Gasteiger partial charge in [0.1, 0.15) is 5.58 Å². The monoisotopic (exact) mass is 367 g/mol. The molecule has 0 aliphatic rings. The standard InChI is InChI=1S/C21H21NO3S/c1-13-4-7-18-16(10-21(24)25-19(18)8-13)11-26-12-20(23)22-17-6-5-14(2)15(3)9-17/h4-10H,11-12H2,1-3H3,(H,22,23). The van der Waals surface area contributed by atoms with E-state index in [0.717, 1.165) is 27.8 Å². The maximum absolute atomic E-state index is 12.2. The normalized spacial score (nSPS) is 10.9. The van der Waals surface area contributed by atoms with E-state index in [-0.39, 0.29) is 11.5 Å². The van der Waals surface area contributed by atoms with E-state index in [1.807, 2.05) is 57.2 Å². The molecule has 1 amide bonds. The van der Waals surface area contributed by atoms with Crippen LogP contribution in [0.15, 0.2) is 51.7 Å². The molecule has 1 heterocycles. The van der Waals surface area contributed by atoms with Crippen LogP contribution in [0, 0.1) is 20.8 Å². The number of amides is 1. The minimum atomic E-state index is -0.363. The molecule has 0 spiro atoms. The summed E-state index contributed by atoms with van der Waals surface area (Å²) < 4.78 is 5.27. The maximum atomic E-state index is 12.2. The van der Waals surface area contributed by atoms with Gasteiger partial charge in [-0.25, -0.2) is 4.79 Å². The van der Waals surface area contributed by atoms with E-state index >= 15 is 0 Å². The van der Waals surface area contributed by atoms with Crippen LogP contribution in [0.1, 0.15) is 22.3 Å². The third-order valence-electron chi connectivity index (χ3n) is 4.27. The number of anilines is 1. The first-order valence-electron chi connectivity index (χ1n) is 8.40. The molecule has 0 fully saturated rings. The summed E-state index contributed by atoms with van der Waals surface area (Å²) in [5.74, 6) is 0.841. The Morgan fingerprint density at radius 1 is 1.04 bits per heavy atom. The van der Waals surface area contributed by atoms with Gasteiger partial charge in [-0.15, -0.1) is 11.8 Å². The van der Waals surface area contributed by atoms with Crippen molar-refractivity contribution in [1.82, 2.24) is 0 Å². The van der Waals surface area contributed by atoms with Gasteiger partial charge in [-0.1, -0.05) is 18.2 Å². The summed E-state index contributed by atoms with van der Waals surface area (Å²) in [6.07, 6.45) is 0. The Bertz CT molecular complexity index is 1020. The van der Waals surface area contributed by atoms with E-state index in [1.54, 1.807) is 0 Å². The Hall–Kier alpha value is -2.53. The van der Waals surface area contributed by atoms with E-state index in [0.29, 0.717) is 17.1 Å². The molecule has 5 heteroatoms. The smallest absolute Gasteiger partial charge is 0.336 e. The van der Waals surface area contributed by atoms with Crippen LogP contribution < -0.4 is 10.9 Å². The molecular formula is C21H21NO3S. The molecule has 4 nitrogen and oxygen atoms in total. The van der Waals surface area contributed by atoms with Crippen LogP contribution in [0.25, 0.3) is 11.0 Å². The zero-order valence-electron chi connectivity index (χ0n) is 15.1. The molecule has 0 bridgehead atoms. The molecule has 0 saturated heterocycles. The van der Waals surface area contributed by atoms with Gasteiger partial charge >= 0.3 is 5.63 Å². The van der Waals surface area contributed by atoms with Crippen molar-refractivity contribution in [3.63, 3.8) is 0 Å². The van der Waals surface area contributed by atoms with Gasteiger partial charge < -0.3 is 9.73 Å². The van der Waals surface area contributed by atoms with Crippen molar-refractivity contribution in [3.05, 3.63) is 75.1 Å². The quantitative estimate of drug-likeness (QED) is 0.670. The topological polar surface area (TPSA) is 59.3 Å². The summed E-state index contributed by atoms with van der Waals surface area (Å²) in [5, 5.41) is 3.83. The molecule has 3 rings (SSSR count). The van der Waals surface area contributed by atoms with Gasteiger partial charge in [0.15, 0.2) is 0 Å². The summed E-state index contributed by atoms with van der Waals surface area (Å²) in [7, 11) is 0. The predicted octanol–water partition coefficient (Wildman–Crippen LogP) is 4.59. The van der Waals surface area contributed by atoms with Crippen LogP contribution in [0.4, 0.5) is 5.69 Å². The first kappa shape index (κ1) is 18.3. The Balaban J connectivity index is 1.64. The number of thioether (sulfide) groups is 1. The van der Waals surface area contributed by atoms with E-state index in [1.165, 1.54) is 23.4 Å². The minimum absolute atomic E-state index is 0.0543. The van der Waals surface area contributed by atoms with E-state index in [2.05, 4.69) is 5.32 Å². The van der Waals surface area contributed by atoms with Gasteiger partial charge in [-0.2, -0.15) is 0 Å². The summed E-state index contributed by atoms with van der Waals surface area (Å²) in [6.45, 7) is 6.02. The summed E-state index contributed by atoms with van der Waals surface area (Å²) in [4.78, 5) is 23.9. The first-order chi connectivity index (χ1) is 12.4. The van der Waals surface area contributed by atoms with Crippen LogP contribution in [0.5, 0.6) is 0 Å². The van der Waals surface area contributed by atoms with Gasteiger partial charge in [-0.3, -0.25) is 4.79 Å². The number of aryl methyl sites for hydroxylation is 3. The van der Waals surface area contributed by atoms with Gasteiger partial charge in [0.25, 0.3) is 0 Å². The number of carbonyl (C=O) groups is 1. The van der Waals surface area contributed by atoms with Crippen LogP contribution in [-0.2, 0) is 10.5 Å². The van der Waals surface area contributed by atoms with Crippen molar-refractivity contribution in [2.75, 3.05) is 11.1 Å². The highest BCUT2D eigenvalue weighted by Crippen LogP contribution is 2.22. The first-order valence-corrected chi connectivity index (χ1v) is 9.56. The highest BCUT2D eigenvalue weighted by atomic mass is 32.2. The fourth-order valence-corrected chi connectivity index (χ4v) is 3.54. The van der Waals surface area contributed by atoms with Crippen LogP contribution in [-0.4, -0.2) is 11.7 Å². The number of fused-ring (bicyclic) bond motifs is 1. The summed E-state index contributed by atoms with van der Waals surface area (Å²) in [6, 6.07) is 13.2. The predicted molar refractivity (Wildman–Crippen MR) is 108 cm³/mol. The number of rotatable bonds is 5. The van der Waals surface area contributed by atoms with E-state index in [9.17, 15) is 9.59 Å². The van der Waals surface area contributed by atoms with Crippen LogP contribution >= 0.6 is 11.8 Å². The van der Waals surface area contributed by atoms with E-state index in [4.69, 9.17) is 4.42 Å². The minimum Gasteiger partial charge on any atom is -0.423 e. The average Bonchev–Trinajstić information content (AvgIpc) is 2.57. The molecule has 0 saturated carbocycles. The van der Waals surface area contributed by atoms with Crippen LogP contribution in [0.3, 0.4) is 0 Å². The Morgan fingerprint density at radius 2 is 1.85 bits per heavy atom. The largest absolute Gasteiger partial charge is 0.423 e. The molecule has 0 aliphatic heterocycles. The van der Waals surface area contributed by atoms with Crippen molar-refractivity contribution in [2.45, 2.75) is 26.5 Å². The lowest BCUT2D eigenvalue weighted by atomic mass is 10.1. The van der Waals surface area contributed by atoms with Crippen molar-refractivity contribution in [2.24, 2.45) is 0 Å². The lowest BCUT2D eigenvalue weighted by Gasteiger charge is -2.08. The molecule has 3 aromatic rings. The lowest BCUT2D eigenvalue weighted by Crippen LogP contribution is -2.14. The van der Waals surface area contributed by atoms with Gasteiger partial charge in [0, 0.05) is 22.9 Å². The number of hydrogen-bond acceptors (Lipinski definition) is 4. The molecule has 1 N–H and O–H groups in total. The summed E-state index contributed by atoms with van der Waals surface area (Å²) >= 11 is 1.48. The zero-order valence-corrected chi connectivity index (χ0v) is 15.9. The highest BCUT2D eigenvalue weighted by molar-refractivity contribution is 7.99. The van der Waals surface area contributed by atoms with Gasteiger partial charge in [-0.05, 0) is 61.2 Å². The van der Waals surface area contributed by atoms with Crippen LogP contribution in [0.2, 0.25) is 0 Å². The lowest BCUT2D eigenvalue weighted by molar-refractivity contribution is -0.113. The molecular weight excluding hydrogens is 346 g/mol. The second-order valence-corrected chi connectivity index (χ2v) is 7.42. The number of benzene rings is 2.